The van der Waals surface area contributed by atoms with Crippen LogP contribution in [0.4, 0.5) is 0 Å². The molecule has 0 bridgehead atoms. The summed E-state index contributed by atoms with van der Waals surface area (Å²) in [4.78, 5) is 26.5. The Hall–Kier alpha value is -1.40. The maximum absolute atomic E-state index is 12.5. The van der Waals surface area contributed by atoms with Crippen LogP contribution in [0.5, 0.6) is 0 Å². The molecule has 3 N–H and O–H groups in total. The first-order valence-corrected chi connectivity index (χ1v) is 7.70. The Morgan fingerprint density at radius 3 is 2.90 bits per heavy atom. The lowest BCUT2D eigenvalue weighted by Crippen LogP contribution is -2.51. The van der Waals surface area contributed by atoms with Crippen LogP contribution in [0, 0.1) is 5.92 Å². The smallest absolute Gasteiger partial charge is 0.331 e. The Bertz CT molecular complexity index is 514. The number of rotatable bonds is 4. The van der Waals surface area contributed by atoms with Gasteiger partial charge in [-0.15, -0.1) is 11.3 Å². The summed E-state index contributed by atoms with van der Waals surface area (Å²) in [6.45, 7) is 4.31. The first-order valence-electron chi connectivity index (χ1n) is 6.82. The molecule has 0 spiro atoms. The van der Waals surface area contributed by atoms with Gasteiger partial charge in [-0.3, -0.25) is 4.79 Å². The van der Waals surface area contributed by atoms with E-state index in [2.05, 4.69) is 0 Å². The third-order valence-electron chi connectivity index (χ3n) is 4.03. The first-order chi connectivity index (χ1) is 9.47. The lowest BCUT2D eigenvalue weighted by molar-refractivity contribution is -0.152. The molecule has 0 aliphatic carbocycles. The second kappa shape index (κ2) is 5.93. The molecule has 0 saturated heterocycles. The molecule has 0 radical (unpaired) electrons. The average Bonchev–Trinajstić information content (AvgIpc) is 2.91. The molecule has 3 unspecified atom stereocenters. The van der Waals surface area contributed by atoms with Gasteiger partial charge in [0.15, 0.2) is 6.04 Å². The minimum Gasteiger partial charge on any atom is -0.479 e. The van der Waals surface area contributed by atoms with Crippen molar-refractivity contribution in [3.8, 4) is 0 Å². The molecule has 0 fully saturated rings. The molecule has 1 aliphatic rings. The van der Waals surface area contributed by atoms with Gasteiger partial charge in [0.1, 0.15) is 0 Å². The van der Waals surface area contributed by atoms with E-state index >= 15 is 0 Å². The Morgan fingerprint density at radius 2 is 2.30 bits per heavy atom. The number of fused-ring (bicyclic) bond motifs is 1. The van der Waals surface area contributed by atoms with Crippen LogP contribution in [0.15, 0.2) is 11.4 Å². The fraction of sp³-hybridized carbons (Fsp3) is 0.571. The van der Waals surface area contributed by atoms with E-state index in [4.69, 9.17) is 5.73 Å². The zero-order valence-corrected chi connectivity index (χ0v) is 12.5. The summed E-state index contributed by atoms with van der Waals surface area (Å²) in [6, 6.07) is 0.266. The molecule has 1 aromatic heterocycles. The predicted octanol–water partition coefficient (Wildman–Crippen LogP) is 1.63. The van der Waals surface area contributed by atoms with Gasteiger partial charge in [-0.25, -0.2) is 4.79 Å². The number of hydrogen-bond donors (Lipinski definition) is 2. The van der Waals surface area contributed by atoms with Crippen molar-refractivity contribution in [2.75, 3.05) is 6.54 Å². The zero-order chi connectivity index (χ0) is 14.9. The number of aliphatic carboxylic acids is 1. The van der Waals surface area contributed by atoms with E-state index < -0.39 is 18.1 Å². The minimum absolute atomic E-state index is 0.0424. The number of carboxylic acid groups (broad SMARTS) is 1. The molecule has 5 nitrogen and oxygen atoms in total. The molecule has 0 saturated carbocycles. The van der Waals surface area contributed by atoms with Crippen LogP contribution in [0.1, 0.15) is 36.8 Å². The molecule has 2 rings (SSSR count). The number of carbonyl (C=O) groups excluding carboxylic acids is 1. The maximum Gasteiger partial charge on any atom is 0.331 e. The van der Waals surface area contributed by atoms with Crippen LogP contribution in [0.25, 0.3) is 0 Å². The van der Waals surface area contributed by atoms with Gasteiger partial charge in [-0.05, 0) is 29.3 Å². The molecular formula is C14H20N2O3S. The number of thiophene rings is 1. The fourth-order valence-electron chi connectivity index (χ4n) is 2.51. The Kier molecular flexibility index (Phi) is 4.45. The monoisotopic (exact) mass is 296 g/mol. The van der Waals surface area contributed by atoms with Crippen LogP contribution in [-0.4, -0.2) is 34.5 Å². The zero-order valence-electron chi connectivity index (χ0n) is 11.7. The van der Waals surface area contributed by atoms with Crippen molar-refractivity contribution in [3.05, 3.63) is 21.9 Å². The third kappa shape index (κ3) is 2.58. The van der Waals surface area contributed by atoms with Gasteiger partial charge in [0.05, 0.1) is 6.04 Å². The largest absolute Gasteiger partial charge is 0.479 e. The van der Waals surface area contributed by atoms with E-state index in [-0.39, 0.29) is 11.8 Å². The van der Waals surface area contributed by atoms with Crippen LogP contribution in [0.2, 0.25) is 0 Å². The van der Waals surface area contributed by atoms with Crippen LogP contribution >= 0.6 is 11.3 Å². The second-order valence-corrected chi connectivity index (χ2v) is 6.23. The number of carboxylic acids is 1. The van der Waals surface area contributed by atoms with Gasteiger partial charge in [0.2, 0.25) is 5.91 Å². The van der Waals surface area contributed by atoms with E-state index in [1.54, 1.807) is 17.4 Å². The highest BCUT2D eigenvalue weighted by atomic mass is 32.1. The van der Waals surface area contributed by atoms with Gasteiger partial charge in [0, 0.05) is 11.4 Å². The van der Waals surface area contributed by atoms with Crippen molar-refractivity contribution in [1.29, 1.82) is 0 Å². The summed E-state index contributed by atoms with van der Waals surface area (Å²) < 4.78 is 0. The SMILES string of the molecule is CCC(C)C(N)C(=O)N1CCc2sccc2C1C(=O)O. The quantitative estimate of drug-likeness (QED) is 0.884. The predicted molar refractivity (Wildman–Crippen MR) is 77.5 cm³/mol. The fourth-order valence-corrected chi connectivity index (χ4v) is 3.41. The highest BCUT2D eigenvalue weighted by molar-refractivity contribution is 7.10. The molecule has 2 heterocycles. The summed E-state index contributed by atoms with van der Waals surface area (Å²) in [5.74, 6) is -1.21. The summed E-state index contributed by atoms with van der Waals surface area (Å²) in [6.07, 6.45) is 1.50. The lowest BCUT2D eigenvalue weighted by Gasteiger charge is -2.35. The topological polar surface area (TPSA) is 83.6 Å². The van der Waals surface area contributed by atoms with E-state index in [9.17, 15) is 14.7 Å². The number of amides is 1. The summed E-state index contributed by atoms with van der Waals surface area (Å²) in [5.41, 5.74) is 6.71. The van der Waals surface area contributed by atoms with Crippen molar-refractivity contribution < 1.29 is 14.7 Å². The molecule has 20 heavy (non-hydrogen) atoms. The number of nitrogens with two attached hydrogens (primary N) is 1. The van der Waals surface area contributed by atoms with E-state index in [1.165, 1.54) is 4.90 Å². The molecule has 1 amide bonds. The molecule has 0 aromatic carbocycles. The normalized spacial score (nSPS) is 21.1. The molecule has 3 atom stereocenters. The van der Waals surface area contributed by atoms with E-state index in [1.807, 2.05) is 19.2 Å². The van der Waals surface area contributed by atoms with Crippen molar-refractivity contribution in [3.63, 3.8) is 0 Å². The van der Waals surface area contributed by atoms with Gasteiger partial charge in [-0.2, -0.15) is 0 Å². The van der Waals surface area contributed by atoms with Crippen LogP contribution in [-0.2, 0) is 16.0 Å². The van der Waals surface area contributed by atoms with Crippen molar-refractivity contribution >= 4 is 23.2 Å². The number of carbonyl (C=O) groups is 2. The third-order valence-corrected chi connectivity index (χ3v) is 5.02. The standard InChI is InChI=1S/C14H20N2O3S/c1-3-8(2)11(15)13(17)16-6-4-10-9(5-7-20-10)12(16)14(18)19/h5,7-8,11-12H,3-4,6,15H2,1-2H3,(H,18,19). The van der Waals surface area contributed by atoms with Crippen molar-refractivity contribution in [1.82, 2.24) is 4.90 Å². The highest BCUT2D eigenvalue weighted by Gasteiger charge is 2.38. The van der Waals surface area contributed by atoms with E-state index in [0.29, 0.717) is 13.0 Å². The summed E-state index contributed by atoms with van der Waals surface area (Å²) in [7, 11) is 0. The first kappa shape index (κ1) is 15.0. The Morgan fingerprint density at radius 1 is 1.60 bits per heavy atom. The van der Waals surface area contributed by atoms with Crippen molar-refractivity contribution in [2.24, 2.45) is 11.7 Å². The second-order valence-electron chi connectivity index (χ2n) is 5.23. The lowest BCUT2D eigenvalue weighted by atomic mass is 9.94. The highest BCUT2D eigenvalue weighted by Crippen LogP contribution is 2.34. The summed E-state index contributed by atoms with van der Waals surface area (Å²) >= 11 is 1.55. The minimum atomic E-state index is -0.992. The molecule has 1 aliphatic heterocycles. The van der Waals surface area contributed by atoms with Gasteiger partial charge >= 0.3 is 5.97 Å². The molecule has 6 heteroatoms. The van der Waals surface area contributed by atoms with E-state index in [0.717, 1.165) is 16.9 Å². The van der Waals surface area contributed by atoms with Gasteiger partial charge in [0.25, 0.3) is 0 Å². The number of hydrogen-bond acceptors (Lipinski definition) is 4. The molecule has 1 aromatic rings. The molecular weight excluding hydrogens is 276 g/mol. The maximum atomic E-state index is 12.5. The van der Waals surface area contributed by atoms with Crippen LogP contribution in [0.3, 0.4) is 0 Å². The average molecular weight is 296 g/mol. The summed E-state index contributed by atoms with van der Waals surface area (Å²) in [5, 5.41) is 11.3. The molecule has 110 valence electrons. The van der Waals surface area contributed by atoms with Gasteiger partial charge < -0.3 is 15.7 Å². The van der Waals surface area contributed by atoms with Crippen LogP contribution < -0.4 is 5.73 Å². The van der Waals surface area contributed by atoms with Gasteiger partial charge in [-0.1, -0.05) is 20.3 Å². The Balaban J connectivity index is 2.28. The number of nitrogens with zero attached hydrogens (tertiary/aromatic N) is 1. The Labute approximate surface area is 122 Å². The van der Waals surface area contributed by atoms with Crippen molar-refractivity contribution in [2.45, 2.75) is 38.8 Å².